The molecule has 0 aliphatic rings. The number of aromatic nitrogens is 2. The van der Waals surface area contributed by atoms with Gasteiger partial charge >= 0.3 is 0 Å². The number of amides is 1. The SMILES string of the molecule is CC(=O)Nc1cccc(Nc2nccc3[nH]c(-c4ccsc4)cc23)c1. The molecule has 3 heterocycles. The fourth-order valence-electron chi connectivity index (χ4n) is 2.74. The summed E-state index contributed by atoms with van der Waals surface area (Å²) in [7, 11) is 0. The molecule has 0 bridgehead atoms. The molecular formula is C19H16N4OS. The van der Waals surface area contributed by atoms with Crippen LogP contribution in [0.5, 0.6) is 0 Å². The summed E-state index contributed by atoms with van der Waals surface area (Å²) in [6.45, 7) is 1.49. The maximum Gasteiger partial charge on any atom is 0.221 e. The van der Waals surface area contributed by atoms with Crippen LogP contribution in [0.15, 0.2) is 59.4 Å². The van der Waals surface area contributed by atoms with E-state index in [-0.39, 0.29) is 5.91 Å². The predicted molar refractivity (Wildman–Crippen MR) is 103 cm³/mol. The molecule has 1 aromatic carbocycles. The van der Waals surface area contributed by atoms with Crippen molar-refractivity contribution < 1.29 is 4.79 Å². The van der Waals surface area contributed by atoms with E-state index in [0.717, 1.165) is 33.8 Å². The third-order valence-electron chi connectivity index (χ3n) is 3.83. The predicted octanol–water partition coefficient (Wildman–Crippen LogP) is 4.99. The second-order valence-corrected chi connectivity index (χ2v) is 6.48. The Kier molecular flexibility index (Phi) is 3.95. The summed E-state index contributed by atoms with van der Waals surface area (Å²) in [5, 5.41) is 11.3. The number of hydrogen-bond acceptors (Lipinski definition) is 4. The Morgan fingerprint density at radius 1 is 1.16 bits per heavy atom. The topological polar surface area (TPSA) is 69.8 Å². The van der Waals surface area contributed by atoms with Crippen molar-refractivity contribution in [2.45, 2.75) is 6.92 Å². The number of thiophene rings is 1. The van der Waals surface area contributed by atoms with Gasteiger partial charge in [0.2, 0.25) is 5.91 Å². The highest BCUT2D eigenvalue weighted by Crippen LogP contribution is 2.30. The van der Waals surface area contributed by atoms with Crippen molar-refractivity contribution in [3.05, 3.63) is 59.4 Å². The van der Waals surface area contributed by atoms with Crippen molar-refractivity contribution in [2.24, 2.45) is 0 Å². The number of carbonyl (C=O) groups excluding carboxylic acids is 1. The summed E-state index contributed by atoms with van der Waals surface area (Å²) in [5.74, 6) is 0.679. The number of H-pyrrole nitrogens is 1. The van der Waals surface area contributed by atoms with Gasteiger partial charge in [0.05, 0.1) is 5.52 Å². The Hall–Kier alpha value is -3.12. The Bertz CT molecular complexity index is 1040. The first-order valence-corrected chi connectivity index (χ1v) is 8.78. The van der Waals surface area contributed by atoms with Crippen LogP contribution in [-0.4, -0.2) is 15.9 Å². The maximum absolute atomic E-state index is 11.2. The van der Waals surface area contributed by atoms with E-state index >= 15 is 0 Å². The minimum atomic E-state index is -0.0941. The standard InChI is InChI=1S/C19H16N4OS/c1-12(24)21-14-3-2-4-15(9-14)22-19-16-10-18(13-6-8-25-11-13)23-17(16)5-7-20-19/h2-11,23H,1H3,(H,20,22)(H,21,24). The number of fused-ring (bicyclic) bond motifs is 1. The molecule has 124 valence electrons. The van der Waals surface area contributed by atoms with Gasteiger partial charge in [-0.1, -0.05) is 6.07 Å². The second kappa shape index (κ2) is 6.41. The smallest absolute Gasteiger partial charge is 0.221 e. The highest BCUT2D eigenvalue weighted by Gasteiger charge is 2.09. The number of hydrogen-bond donors (Lipinski definition) is 3. The van der Waals surface area contributed by atoms with Crippen LogP contribution in [0.4, 0.5) is 17.2 Å². The molecule has 3 N–H and O–H groups in total. The zero-order chi connectivity index (χ0) is 17.2. The summed E-state index contributed by atoms with van der Waals surface area (Å²) in [4.78, 5) is 19.1. The van der Waals surface area contributed by atoms with E-state index in [1.807, 2.05) is 30.3 Å². The molecule has 0 spiro atoms. The molecule has 6 heteroatoms. The number of nitrogens with zero attached hydrogens (tertiary/aromatic N) is 1. The number of pyridine rings is 1. The average molecular weight is 348 g/mol. The van der Waals surface area contributed by atoms with Crippen molar-refractivity contribution in [1.29, 1.82) is 0 Å². The summed E-state index contributed by atoms with van der Waals surface area (Å²) >= 11 is 1.67. The molecule has 0 saturated heterocycles. The van der Waals surface area contributed by atoms with Gasteiger partial charge in [0.25, 0.3) is 0 Å². The summed E-state index contributed by atoms with van der Waals surface area (Å²) in [6, 6.07) is 13.7. The van der Waals surface area contributed by atoms with E-state index < -0.39 is 0 Å². The lowest BCUT2D eigenvalue weighted by Crippen LogP contribution is -2.05. The van der Waals surface area contributed by atoms with Gasteiger partial charge in [-0.3, -0.25) is 4.79 Å². The number of nitrogens with one attached hydrogen (secondary N) is 3. The number of anilines is 3. The second-order valence-electron chi connectivity index (χ2n) is 5.70. The van der Waals surface area contributed by atoms with Crippen LogP contribution in [-0.2, 0) is 4.79 Å². The normalized spacial score (nSPS) is 10.8. The summed E-state index contributed by atoms with van der Waals surface area (Å²) in [6.07, 6.45) is 1.77. The van der Waals surface area contributed by atoms with Crippen molar-refractivity contribution in [1.82, 2.24) is 9.97 Å². The van der Waals surface area contributed by atoms with Gasteiger partial charge in [-0.15, -0.1) is 0 Å². The zero-order valence-corrected chi connectivity index (χ0v) is 14.4. The van der Waals surface area contributed by atoms with Crippen molar-refractivity contribution in [2.75, 3.05) is 10.6 Å². The molecule has 3 aromatic heterocycles. The van der Waals surface area contributed by atoms with Gasteiger partial charge in [-0.25, -0.2) is 4.98 Å². The summed E-state index contributed by atoms with van der Waals surface area (Å²) in [5.41, 5.74) is 4.87. The van der Waals surface area contributed by atoms with E-state index in [9.17, 15) is 4.79 Å². The highest BCUT2D eigenvalue weighted by molar-refractivity contribution is 7.08. The Labute approximate surface area is 148 Å². The number of aromatic amines is 1. The van der Waals surface area contributed by atoms with E-state index in [1.54, 1.807) is 17.5 Å². The fraction of sp³-hybridized carbons (Fsp3) is 0.0526. The third kappa shape index (κ3) is 3.25. The van der Waals surface area contributed by atoms with Gasteiger partial charge in [0, 0.05) is 46.5 Å². The van der Waals surface area contributed by atoms with Crippen molar-refractivity contribution in [3.63, 3.8) is 0 Å². The molecule has 1 amide bonds. The van der Waals surface area contributed by atoms with Crippen LogP contribution in [0.2, 0.25) is 0 Å². The number of rotatable bonds is 4. The van der Waals surface area contributed by atoms with Gasteiger partial charge < -0.3 is 15.6 Å². The van der Waals surface area contributed by atoms with E-state index in [2.05, 4.69) is 43.5 Å². The van der Waals surface area contributed by atoms with Crippen LogP contribution in [0.25, 0.3) is 22.2 Å². The molecule has 0 fully saturated rings. The van der Waals surface area contributed by atoms with Gasteiger partial charge in [-0.2, -0.15) is 11.3 Å². The Morgan fingerprint density at radius 3 is 2.84 bits per heavy atom. The molecule has 4 rings (SSSR count). The quantitative estimate of drug-likeness (QED) is 0.486. The lowest BCUT2D eigenvalue weighted by atomic mass is 10.2. The Morgan fingerprint density at radius 2 is 2.04 bits per heavy atom. The van der Waals surface area contributed by atoms with Crippen LogP contribution in [0.1, 0.15) is 6.92 Å². The Balaban J connectivity index is 1.69. The molecule has 0 radical (unpaired) electrons. The van der Waals surface area contributed by atoms with Gasteiger partial charge in [0.1, 0.15) is 5.82 Å². The highest BCUT2D eigenvalue weighted by atomic mass is 32.1. The largest absolute Gasteiger partial charge is 0.354 e. The number of benzene rings is 1. The first kappa shape index (κ1) is 15.4. The lowest BCUT2D eigenvalue weighted by molar-refractivity contribution is -0.114. The zero-order valence-electron chi connectivity index (χ0n) is 13.5. The van der Waals surface area contributed by atoms with Crippen LogP contribution >= 0.6 is 11.3 Å². The van der Waals surface area contributed by atoms with E-state index in [1.165, 1.54) is 12.5 Å². The van der Waals surface area contributed by atoms with Crippen LogP contribution in [0.3, 0.4) is 0 Å². The van der Waals surface area contributed by atoms with Gasteiger partial charge in [0.15, 0.2) is 0 Å². The lowest BCUT2D eigenvalue weighted by Gasteiger charge is -2.09. The average Bonchev–Trinajstić information content (AvgIpc) is 3.24. The molecule has 0 aliphatic heterocycles. The molecular weight excluding hydrogens is 332 g/mol. The third-order valence-corrected chi connectivity index (χ3v) is 4.51. The summed E-state index contributed by atoms with van der Waals surface area (Å²) < 4.78 is 0. The first-order chi connectivity index (χ1) is 12.2. The fourth-order valence-corrected chi connectivity index (χ4v) is 3.40. The first-order valence-electron chi connectivity index (χ1n) is 7.84. The number of carbonyl (C=O) groups is 1. The molecule has 0 unspecified atom stereocenters. The minimum absolute atomic E-state index is 0.0941. The molecule has 25 heavy (non-hydrogen) atoms. The van der Waals surface area contributed by atoms with Crippen molar-refractivity contribution >= 4 is 45.3 Å². The monoisotopic (exact) mass is 348 g/mol. The van der Waals surface area contributed by atoms with Crippen LogP contribution < -0.4 is 10.6 Å². The molecule has 5 nitrogen and oxygen atoms in total. The van der Waals surface area contributed by atoms with E-state index in [4.69, 9.17) is 0 Å². The van der Waals surface area contributed by atoms with E-state index in [0.29, 0.717) is 0 Å². The molecule has 0 aliphatic carbocycles. The molecule has 4 aromatic rings. The molecule has 0 atom stereocenters. The van der Waals surface area contributed by atoms with Crippen molar-refractivity contribution in [3.8, 4) is 11.3 Å². The molecule has 0 saturated carbocycles. The maximum atomic E-state index is 11.2. The van der Waals surface area contributed by atoms with Gasteiger partial charge in [-0.05, 0) is 41.8 Å². The van der Waals surface area contributed by atoms with Crippen LogP contribution in [0, 0.1) is 0 Å². The minimum Gasteiger partial charge on any atom is -0.354 e.